The number of carbonyl (C=O) groups excluding carboxylic acids is 1. The van der Waals surface area contributed by atoms with Gasteiger partial charge in [0.15, 0.2) is 0 Å². The van der Waals surface area contributed by atoms with E-state index >= 15 is 0 Å². The van der Waals surface area contributed by atoms with Crippen LogP contribution < -0.4 is 0 Å². The largest absolute Gasteiger partial charge is 0.481 e. The standard InChI is InChI=1S/C11H15NO4/c1-2-5-12(6-3-10(13)14)11(15)9-4-7-16-8-9/h4,7-8H,2-3,5-6H2,1H3,(H,13,14). The van der Waals surface area contributed by atoms with Gasteiger partial charge in [-0.1, -0.05) is 6.92 Å². The van der Waals surface area contributed by atoms with Crippen LogP contribution in [0.25, 0.3) is 0 Å². The molecule has 0 saturated carbocycles. The fourth-order valence-corrected chi connectivity index (χ4v) is 1.38. The minimum atomic E-state index is -0.902. The van der Waals surface area contributed by atoms with E-state index in [-0.39, 0.29) is 18.9 Å². The first-order chi connectivity index (χ1) is 7.65. The third-order valence-electron chi connectivity index (χ3n) is 2.14. The maximum Gasteiger partial charge on any atom is 0.305 e. The van der Waals surface area contributed by atoms with Gasteiger partial charge < -0.3 is 14.4 Å². The molecular weight excluding hydrogens is 210 g/mol. The molecule has 1 N–H and O–H groups in total. The van der Waals surface area contributed by atoms with Crippen LogP contribution in [0.2, 0.25) is 0 Å². The molecule has 5 nitrogen and oxygen atoms in total. The zero-order chi connectivity index (χ0) is 12.0. The van der Waals surface area contributed by atoms with Gasteiger partial charge in [-0.15, -0.1) is 0 Å². The van der Waals surface area contributed by atoms with Crippen molar-refractivity contribution < 1.29 is 19.1 Å². The number of carbonyl (C=O) groups is 2. The predicted molar refractivity (Wildman–Crippen MR) is 57.2 cm³/mol. The Morgan fingerprint density at radius 3 is 2.69 bits per heavy atom. The molecule has 5 heteroatoms. The van der Waals surface area contributed by atoms with Crippen LogP contribution in [0.3, 0.4) is 0 Å². The van der Waals surface area contributed by atoms with Crippen molar-refractivity contribution in [3.63, 3.8) is 0 Å². The van der Waals surface area contributed by atoms with Gasteiger partial charge in [-0.3, -0.25) is 9.59 Å². The second-order valence-corrected chi connectivity index (χ2v) is 3.45. The summed E-state index contributed by atoms with van der Waals surface area (Å²) >= 11 is 0. The van der Waals surface area contributed by atoms with E-state index in [1.165, 1.54) is 17.4 Å². The molecule has 1 rings (SSSR count). The molecule has 88 valence electrons. The Morgan fingerprint density at radius 2 is 2.19 bits per heavy atom. The van der Waals surface area contributed by atoms with Gasteiger partial charge in [-0.2, -0.15) is 0 Å². The van der Waals surface area contributed by atoms with Crippen LogP contribution in [0.1, 0.15) is 30.1 Å². The van der Waals surface area contributed by atoms with Crippen LogP contribution in [0, 0.1) is 0 Å². The van der Waals surface area contributed by atoms with E-state index in [0.29, 0.717) is 12.1 Å². The molecule has 1 heterocycles. The number of amides is 1. The molecule has 0 aliphatic rings. The molecule has 1 amide bonds. The van der Waals surface area contributed by atoms with E-state index in [1.54, 1.807) is 6.07 Å². The maximum atomic E-state index is 11.9. The summed E-state index contributed by atoms with van der Waals surface area (Å²) in [5.74, 6) is -1.09. The quantitative estimate of drug-likeness (QED) is 0.798. The van der Waals surface area contributed by atoms with E-state index in [2.05, 4.69) is 0 Å². The van der Waals surface area contributed by atoms with Crippen molar-refractivity contribution in [2.45, 2.75) is 19.8 Å². The summed E-state index contributed by atoms with van der Waals surface area (Å²) in [5, 5.41) is 8.59. The number of rotatable bonds is 6. The highest BCUT2D eigenvalue weighted by atomic mass is 16.4. The monoisotopic (exact) mass is 225 g/mol. The minimum absolute atomic E-state index is 0.0381. The second kappa shape index (κ2) is 5.95. The molecule has 0 aliphatic carbocycles. The molecule has 0 aliphatic heterocycles. The van der Waals surface area contributed by atoms with Gasteiger partial charge in [0.2, 0.25) is 0 Å². The average Bonchev–Trinajstić information content (AvgIpc) is 2.76. The zero-order valence-corrected chi connectivity index (χ0v) is 9.18. The molecular formula is C11H15NO4. The number of carboxylic acids is 1. The summed E-state index contributed by atoms with van der Waals surface area (Å²) in [7, 11) is 0. The van der Waals surface area contributed by atoms with Gasteiger partial charge in [0.1, 0.15) is 6.26 Å². The molecule has 16 heavy (non-hydrogen) atoms. The highest BCUT2D eigenvalue weighted by molar-refractivity contribution is 5.94. The highest BCUT2D eigenvalue weighted by Crippen LogP contribution is 2.07. The number of furan rings is 1. The molecule has 1 aromatic heterocycles. The summed E-state index contributed by atoms with van der Waals surface area (Å²) in [4.78, 5) is 23.9. The van der Waals surface area contributed by atoms with E-state index in [4.69, 9.17) is 9.52 Å². The van der Waals surface area contributed by atoms with Crippen molar-refractivity contribution in [2.24, 2.45) is 0 Å². The smallest absolute Gasteiger partial charge is 0.305 e. The number of nitrogens with zero attached hydrogens (tertiary/aromatic N) is 1. The van der Waals surface area contributed by atoms with Gasteiger partial charge in [-0.05, 0) is 12.5 Å². The Hall–Kier alpha value is -1.78. The summed E-state index contributed by atoms with van der Waals surface area (Å²) in [6.07, 6.45) is 3.55. The molecule has 0 radical (unpaired) electrons. The van der Waals surface area contributed by atoms with Crippen LogP contribution in [0.4, 0.5) is 0 Å². The Bertz CT molecular complexity index is 345. The number of carboxylic acid groups (broad SMARTS) is 1. The number of hydrogen-bond donors (Lipinski definition) is 1. The fraction of sp³-hybridized carbons (Fsp3) is 0.455. The van der Waals surface area contributed by atoms with Crippen LogP contribution in [0.5, 0.6) is 0 Å². The van der Waals surface area contributed by atoms with Gasteiger partial charge >= 0.3 is 5.97 Å². The Kier molecular flexibility index (Phi) is 4.57. The fourth-order valence-electron chi connectivity index (χ4n) is 1.38. The molecule has 0 atom stereocenters. The van der Waals surface area contributed by atoms with Crippen molar-refractivity contribution in [3.8, 4) is 0 Å². The van der Waals surface area contributed by atoms with Crippen LogP contribution in [0.15, 0.2) is 23.0 Å². The van der Waals surface area contributed by atoms with Crippen molar-refractivity contribution in [3.05, 3.63) is 24.2 Å². The Balaban J connectivity index is 2.62. The van der Waals surface area contributed by atoms with Gasteiger partial charge in [-0.25, -0.2) is 0 Å². The molecule has 0 unspecified atom stereocenters. The van der Waals surface area contributed by atoms with E-state index in [0.717, 1.165) is 6.42 Å². The summed E-state index contributed by atoms with van der Waals surface area (Å²) < 4.78 is 4.83. The molecule has 0 fully saturated rings. The van der Waals surface area contributed by atoms with Crippen molar-refractivity contribution in [2.75, 3.05) is 13.1 Å². The molecule has 0 bridgehead atoms. The molecule has 0 spiro atoms. The van der Waals surface area contributed by atoms with E-state index in [1.807, 2.05) is 6.92 Å². The maximum absolute atomic E-state index is 11.9. The first-order valence-corrected chi connectivity index (χ1v) is 5.18. The molecule has 0 aromatic carbocycles. The normalized spacial score (nSPS) is 10.1. The van der Waals surface area contributed by atoms with Gasteiger partial charge in [0.25, 0.3) is 5.91 Å². The van der Waals surface area contributed by atoms with E-state index in [9.17, 15) is 9.59 Å². The molecule has 1 aromatic rings. The lowest BCUT2D eigenvalue weighted by molar-refractivity contribution is -0.137. The zero-order valence-electron chi connectivity index (χ0n) is 9.18. The van der Waals surface area contributed by atoms with Crippen LogP contribution >= 0.6 is 0 Å². The summed E-state index contributed by atoms with van der Waals surface area (Å²) in [5.41, 5.74) is 0.457. The number of aliphatic carboxylic acids is 1. The van der Waals surface area contributed by atoms with Crippen molar-refractivity contribution >= 4 is 11.9 Å². The Morgan fingerprint density at radius 1 is 1.44 bits per heavy atom. The lowest BCUT2D eigenvalue weighted by Gasteiger charge is -2.20. The van der Waals surface area contributed by atoms with E-state index < -0.39 is 5.97 Å². The highest BCUT2D eigenvalue weighted by Gasteiger charge is 2.16. The minimum Gasteiger partial charge on any atom is -0.481 e. The first-order valence-electron chi connectivity index (χ1n) is 5.18. The van der Waals surface area contributed by atoms with Crippen LogP contribution in [-0.4, -0.2) is 35.0 Å². The first kappa shape index (κ1) is 12.3. The summed E-state index contributed by atoms with van der Waals surface area (Å²) in [6, 6.07) is 1.58. The third-order valence-corrected chi connectivity index (χ3v) is 2.14. The van der Waals surface area contributed by atoms with Crippen molar-refractivity contribution in [1.82, 2.24) is 4.90 Å². The molecule has 0 saturated heterocycles. The van der Waals surface area contributed by atoms with Crippen molar-refractivity contribution in [1.29, 1.82) is 0 Å². The predicted octanol–water partition coefficient (Wildman–Crippen LogP) is 1.61. The SMILES string of the molecule is CCCN(CCC(=O)O)C(=O)c1ccoc1. The topological polar surface area (TPSA) is 70.8 Å². The summed E-state index contributed by atoms with van der Waals surface area (Å²) in [6.45, 7) is 2.72. The average molecular weight is 225 g/mol. The lowest BCUT2D eigenvalue weighted by atomic mass is 10.2. The lowest BCUT2D eigenvalue weighted by Crippen LogP contribution is -2.33. The van der Waals surface area contributed by atoms with Gasteiger partial charge in [0, 0.05) is 13.1 Å². The van der Waals surface area contributed by atoms with Crippen LogP contribution in [-0.2, 0) is 4.79 Å². The number of hydrogen-bond acceptors (Lipinski definition) is 3. The Labute approximate surface area is 93.7 Å². The second-order valence-electron chi connectivity index (χ2n) is 3.45. The third kappa shape index (κ3) is 3.42. The van der Waals surface area contributed by atoms with Gasteiger partial charge in [0.05, 0.1) is 18.2 Å².